The van der Waals surface area contributed by atoms with Crippen LogP contribution in [0.5, 0.6) is 0 Å². The number of aromatic nitrogens is 1. The Bertz CT molecular complexity index is 391. The zero-order chi connectivity index (χ0) is 11.8. The fourth-order valence-electron chi connectivity index (χ4n) is 1.36. The minimum Gasteiger partial charge on any atom is -0.401 e. The molecule has 2 heteroatoms. The SMILES string of the molecule is CC.CC.Cc1cc2cc[c-]cc2n1C.[W]. The van der Waals surface area contributed by atoms with Gasteiger partial charge in [0, 0.05) is 26.8 Å². The number of rotatable bonds is 0. The van der Waals surface area contributed by atoms with E-state index in [1.807, 2.05) is 39.8 Å². The van der Waals surface area contributed by atoms with E-state index in [4.69, 9.17) is 0 Å². The number of aryl methyl sites for hydroxylation is 2. The van der Waals surface area contributed by atoms with Crippen molar-refractivity contribution in [2.75, 3.05) is 0 Å². The summed E-state index contributed by atoms with van der Waals surface area (Å²) in [6, 6.07) is 11.3. The van der Waals surface area contributed by atoms with Gasteiger partial charge in [-0.05, 0) is 14.0 Å². The summed E-state index contributed by atoms with van der Waals surface area (Å²) in [7, 11) is 2.07. The Labute approximate surface area is 114 Å². The quantitative estimate of drug-likeness (QED) is 0.592. The van der Waals surface area contributed by atoms with Crippen LogP contribution >= 0.6 is 0 Å². The third kappa shape index (κ3) is 4.14. The molecular formula is C14H22NW-. The summed E-state index contributed by atoms with van der Waals surface area (Å²) in [5, 5.41) is 1.30. The molecule has 0 atom stereocenters. The van der Waals surface area contributed by atoms with Gasteiger partial charge in [-0.3, -0.25) is 0 Å². The van der Waals surface area contributed by atoms with Crippen LogP contribution in [-0.2, 0) is 28.1 Å². The molecule has 16 heavy (non-hydrogen) atoms. The van der Waals surface area contributed by atoms with E-state index in [-0.39, 0.29) is 21.1 Å². The number of fused-ring (bicyclic) bond motifs is 1. The Morgan fingerprint density at radius 1 is 1.12 bits per heavy atom. The zero-order valence-corrected chi connectivity index (χ0v) is 14.1. The largest absolute Gasteiger partial charge is 0.401 e. The van der Waals surface area contributed by atoms with Crippen LogP contribution in [0.4, 0.5) is 0 Å². The molecule has 1 aromatic heterocycles. The van der Waals surface area contributed by atoms with Crippen LogP contribution in [0.25, 0.3) is 10.9 Å². The summed E-state index contributed by atoms with van der Waals surface area (Å²) in [5.74, 6) is 0. The second kappa shape index (κ2) is 9.66. The van der Waals surface area contributed by atoms with Gasteiger partial charge in [0.15, 0.2) is 0 Å². The molecule has 2 aromatic rings. The Morgan fingerprint density at radius 2 is 1.69 bits per heavy atom. The molecule has 0 aliphatic rings. The van der Waals surface area contributed by atoms with Gasteiger partial charge in [-0.2, -0.15) is 24.3 Å². The molecule has 0 unspecified atom stereocenters. The summed E-state index contributed by atoms with van der Waals surface area (Å²) in [5.41, 5.74) is 2.55. The van der Waals surface area contributed by atoms with Gasteiger partial charge in [0.05, 0.1) is 0 Å². The monoisotopic (exact) mass is 388 g/mol. The molecule has 1 aromatic carbocycles. The molecule has 2 rings (SSSR count). The molecule has 0 aliphatic carbocycles. The second-order valence-electron chi connectivity index (χ2n) is 2.83. The van der Waals surface area contributed by atoms with Crippen molar-refractivity contribution in [3.05, 3.63) is 36.0 Å². The predicted octanol–water partition coefficient (Wildman–Crippen LogP) is 4.34. The standard InChI is InChI=1S/C10H10N.2C2H6.W/c1-8-7-9-5-3-4-6-10(9)11(8)2;2*1-2;/h3,5-7H,1-2H3;2*1-2H3;/q-1;;;. The van der Waals surface area contributed by atoms with Crippen molar-refractivity contribution in [2.45, 2.75) is 34.6 Å². The van der Waals surface area contributed by atoms with E-state index in [2.05, 4.69) is 36.7 Å². The number of hydrogen-bond acceptors (Lipinski definition) is 0. The molecule has 0 radical (unpaired) electrons. The van der Waals surface area contributed by atoms with Crippen molar-refractivity contribution in [2.24, 2.45) is 7.05 Å². The Balaban J connectivity index is 0. The van der Waals surface area contributed by atoms with Crippen molar-refractivity contribution in [1.29, 1.82) is 0 Å². The number of nitrogens with zero attached hydrogens (tertiary/aromatic N) is 1. The fourth-order valence-corrected chi connectivity index (χ4v) is 1.36. The van der Waals surface area contributed by atoms with Gasteiger partial charge in [0.25, 0.3) is 0 Å². The molecule has 0 amide bonds. The van der Waals surface area contributed by atoms with Crippen LogP contribution in [-0.4, -0.2) is 4.57 Å². The summed E-state index contributed by atoms with van der Waals surface area (Å²) < 4.78 is 2.17. The first kappa shape index (κ1) is 17.8. The van der Waals surface area contributed by atoms with Gasteiger partial charge >= 0.3 is 0 Å². The first-order valence-corrected chi connectivity index (χ1v) is 5.71. The first-order chi connectivity index (χ1) is 7.29. The molecule has 1 nitrogen and oxygen atoms in total. The van der Waals surface area contributed by atoms with E-state index in [0.29, 0.717) is 0 Å². The van der Waals surface area contributed by atoms with Crippen LogP contribution in [0.1, 0.15) is 33.4 Å². The minimum absolute atomic E-state index is 0. The van der Waals surface area contributed by atoms with Gasteiger partial charge < -0.3 is 4.57 Å². The van der Waals surface area contributed by atoms with Gasteiger partial charge in [-0.15, -0.1) is 5.39 Å². The van der Waals surface area contributed by atoms with Gasteiger partial charge in [-0.25, -0.2) is 0 Å². The summed E-state index contributed by atoms with van der Waals surface area (Å²) in [6.45, 7) is 10.1. The molecule has 0 saturated carbocycles. The maximum Gasteiger partial charge on any atom is 0.00188 e. The molecule has 90 valence electrons. The summed E-state index contributed by atoms with van der Waals surface area (Å²) in [4.78, 5) is 0. The molecule has 0 spiro atoms. The van der Waals surface area contributed by atoms with E-state index in [1.54, 1.807) is 0 Å². The van der Waals surface area contributed by atoms with E-state index >= 15 is 0 Å². The molecule has 1 heterocycles. The molecular weight excluding hydrogens is 366 g/mol. The van der Waals surface area contributed by atoms with Crippen molar-refractivity contribution < 1.29 is 21.1 Å². The van der Waals surface area contributed by atoms with Gasteiger partial charge in [0.1, 0.15) is 0 Å². The predicted molar refractivity (Wildman–Crippen MR) is 69.2 cm³/mol. The average Bonchev–Trinajstić information content (AvgIpc) is 2.61. The fraction of sp³-hybridized carbons (Fsp3) is 0.429. The summed E-state index contributed by atoms with van der Waals surface area (Å²) >= 11 is 0. The zero-order valence-electron chi connectivity index (χ0n) is 11.2. The smallest absolute Gasteiger partial charge is 0.00188 e. The van der Waals surface area contributed by atoms with Crippen LogP contribution in [0.3, 0.4) is 0 Å². The maximum atomic E-state index is 3.07. The maximum absolute atomic E-state index is 3.07. The molecule has 0 fully saturated rings. The van der Waals surface area contributed by atoms with Gasteiger partial charge in [0.2, 0.25) is 0 Å². The Morgan fingerprint density at radius 3 is 2.19 bits per heavy atom. The average molecular weight is 388 g/mol. The topological polar surface area (TPSA) is 4.93 Å². The molecule has 0 saturated heterocycles. The van der Waals surface area contributed by atoms with E-state index in [0.717, 1.165) is 0 Å². The van der Waals surface area contributed by atoms with Crippen molar-refractivity contribution in [3.63, 3.8) is 0 Å². The van der Waals surface area contributed by atoms with Crippen molar-refractivity contribution >= 4 is 10.9 Å². The van der Waals surface area contributed by atoms with Crippen LogP contribution in [0.15, 0.2) is 24.3 Å². The van der Waals surface area contributed by atoms with Gasteiger partial charge in [-0.1, -0.05) is 39.3 Å². The van der Waals surface area contributed by atoms with Crippen molar-refractivity contribution in [3.8, 4) is 0 Å². The molecule has 0 bridgehead atoms. The van der Waals surface area contributed by atoms with Crippen LogP contribution < -0.4 is 0 Å². The Kier molecular flexibility index (Phi) is 10.8. The van der Waals surface area contributed by atoms with E-state index < -0.39 is 0 Å². The third-order valence-electron chi connectivity index (χ3n) is 2.13. The minimum atomic E-state index is 0. The second-order valence-corrected chi connectivity index (χ2v) is 2.83. The van der Waals surface area contributed by atoms with E-state index in [9.17, 15) is 0 Å². The molecule has 0 aliphatic heterocycles. The van der Waals surface area contributed by atoms with Crippen molar-refractivity contribution in [1.82, 2.24) is 4.57 Å². The first-order valence-electron chi connectivity index (χ1n) is 5.71. The Hall–Kier alpha value is -0.552. The normalized spacial score (nSPS) is 8.12. The number of hydrogen-bond donors (Lipinski definition) is 0. The third-order valence-corrected chi connectivity index (χ3v) is 2.13. The van der Waals surface area contributed by atoms with Crippen LogP contribution in [0, 0.1) is 13.0 Å². The summed E-state index contributed by atoms with van der Waals surface area (Å²) in [6.07, 6.45) is 0. The van der Waals surface area contributed by atoms with Crippen LogP contribution in [0.2, 0.25) is 0 Å². The number of benzene rings is 1. The molecule has 0 N–H and O–H groups in total. The van der Waals surface area contributed by atoms with E-state index in [1.165, 1.54) is 16.6 Å².